The van der Waals surface area contributed by atoms with Gasteiger partial charge in [-0.05, 0) is 30.0 Å². The fourth-order valence-corrected chi connectivity index (χ4v) is 3.62. The first-order valence-corrected chi connectivity index (χ1v) is 9.46. The van der Waals surface area contributed by atoms with Crippen molar-refractivity contribution in [3.8, 4) is 0 Å². The maximum atomic E-state index is 12.4. The highest BCUT2D eigenvalue weighted by Crippen LogP contribution is 2.09. The van der Waals surface area contributed by atoms with E-state index in [-0.39, 0.29) is 11.8 Å². The zero-order valence-corrected chi connectivity index (χ0v) is 15.0. The molecule has 0 radical (unpaired) electrons. The van der Waals surface area contributed by atoms with E-state index in [2.05, 4.69) is 16.3 Å². The van der Waals surface area contributed by atoms with Crippen molar-refractivity contribution in [2.45, 2.75) is 6.42 Å². The van der Waals surface area contributed by atoms with E-state index in [1.54, 1.807) is 11.3 Å². The van der Waals surface area contributed by atoms with Crippen LogP contribution in [0.25, 0.3) is 0 Å². The Balaban J connectivity index is 1.37. The maximum Gasteiger partial charge on any atom is 0.253 e. The number of thiophene rings is 1. The van der Waals surface area contributed by atoms with Crippen molar-refractivity contribution in [3.05, 3.63) is 58.3 Å². The molecule has 2 amide bonds. The Labute approximate surface area is 152 Å². The summed E-state index contributed by atoms with van der Waals surface area (Å²) in [6.45, 7) is 3.86. The third-order valence-corrected chi connectivity index (χ3v) is 5.26. The molecule has 25 heavy (non-hydrogen) atoms. The van der Waals surface area contributed by atoms with Gasteiger partial charge in [0.15, 0.2) is 0 Å². The molecular weight excluding hydrogens is 334 g/mol. The summed E-state index contributed by atoms with van der Waals surface area (Å²) in [5.41, 5.74) is 0.724. The van der Waals surface area contributed by atoms with Crippen LogP contribution in [0.3, 0.4) is 0 Å². The number of piperazine rings is 1. The van der Waals surface area contributed by atoms with Crippen LogP contribution in [-0.4, -0.2) is 60.9 Å². The van der Waals surface area contributed by atoms with Crippen LogP contribution >= 0.6 is 11.3 Å². The summed E-state index contributed by atoms with van der Waals surface area (Å²) in [4.78, 5) is 29.7. The molecule has 6 heteroatoms. The normalized spacial score (nSPS) is 15.1. The van der Waals surface area contributed by atoms with E-state index in [1.165, 1.54) is 4.88 Å². The van der Waals surface area contributed by atoms with Crippen LogP contribution in [0.15, 0.2) is 47.8 Å². The number of nitrogens with zero attached hydrogens (tertiary/aromatic N) is 2. The van der Waals surface area contributed by atoms with Crippen molar-refractivity contribution in [1.82, 2.24) is 15.1 Å². The highest BCUT2D eigenvalue weighted by molar-refractivity contribution is 7.09. The second-order valence-corrected chi connectivity index (χ2v) is 7.15. The standard InChI is InChI=1S/C19H23N3O2S/c23-18(20-9-8-17-7-4-14-25-17)15-21-10-12-22(13-11-21)19(24)16-5-2-1-3-6-16/h1-7,14H,8-13,15H2,(H,20,23). The smallest absolute Gasteiger partial charge is 0.253 e. The first-order valence-electron chi connectivity index (χ1n) is 8.58. The Kier molecular flexibility index (Phi) is 6.19. The predicted molar refractivity (Wildman–Crippen MR) is 99.8 cm³/mol. The lowest BCUT2D eigenvalue weighted by Gasteiger charge is -2.34. The van der Waals surface area contributed by atoms with E-state index in [9.17, 15) is 9.59 Å². The number of hydrogen-bond donors (Lipinski definition) is 1. The lowest BCUT2D eigenvalue weighted by atomic mass is 10.2. The molecule has 132 valence electrons. The van der Waals surface area contributed by atoms with Crippen LogP contribution < -0.4 is 5.32 Å². The van der Waals surface area contributed by atoms with E-state index in [1.807, 2.05) is 46.7 Å². The van der Waals surface area contributed by atoms with Gasteiger partial charge in [-0.2, -0.15) is 0 Å². The van der Waals surface area contributed by atoms with Gasteiger partial charge in [0, 0.05) is 43.2 Å². The molecule has 1 aromatic carbocycles. The summed E-state index contributed by atoms with van der Waals surface area (Å²) in [6, 6.07) is 13.5. The van der Waals surface area contributed by atoms with Gasteiger partial charge >= 0.3 is 0 Å². The Hall–Kier alpha value is -2.18. The summed E-state index contributed by atoms with van der Waals surface area (Å²) >= 11 is 1.71. The SMILES string of the molecule is O=C(CN1CCN(C(=O)c2ccccc2)CC1)NCCc1cccs1. The minimum Gasteiger partial charge on any atom is -0.355 e. The number of carbonyl (C=O) groups is 2. The molecule has 0 bridgehead atoms. The van der Waals surface area contributed by atoms with E-state index in [0.717, 1.165) is 25.1 Å². The Morgan fingerprint density at radius 2 is 1.76 bits per heavy atom. The van der Waals surface area contributed by atoms with Gasteiger partial charge in [-0.25, -0.2) is 0 Å². The van der Waals surface area contributed by atoms with Crippen molar-refractivity contribution in [3.63, 3.8) is 0 Å². The molecule has 1 aromatic heterocycles. The molecule has 0 aliphatic carbocycles. The largest absolute Gasteiger partial charge is 0.355 e. The summed E-state index contributed by atoms with van der Waals surface area (Å²) in [7, 11) is 0. The van der Waals surface area contributed by atoms with Crippen LogP contribution in [0.4, 0.5) is 0 Å². The number of carbonyl (C=O) groups excluding carboxylic acids is 2. The molecule has 2 aromatic rings. The van der Waals surface area contributed by atoms with Gasteiger partial charge in [0.1, 0.15) is 0 Å². The summed E-state index contributed by atoms with van der Waals surface area (Å²) in [5, 5.41) is 5.02. The van der Waals surface area contributed by atoms with Gasteiger partial charge in [-0.1, -0.05) is 24.3 Å². The molecule has 1 fully saturated rings. The van der Waals surface area contributed by atoms with Crippen LogP contribution in [0, 0.1) is 0 Å². The zero-order valence-electron chi connectivity index (χ0n) is 14.2. The maximum absolute atomic E-state index is 12.4. The zero-order chi connectivity index (χ0) is 17.5. The average molecular weight is 357 g/mol. The Bertz CT molecular complexity index is 680. The average Bonchev–Trinajstić information content (AvgIpc) is 3.16. The molecule has 1 N–H and O–H groups in total. The van der Waals surface area contributed by atoms with Gasteiger partial charge in [0.05, 0.1) is 6.54 Å². The minimum atomic E-state index is 0.0550. The third kappa shape index (κ3) is 5.14. The van der Waals surface area contributed by atoms with E-state index in [0.29, 0.717) is 26.2 Å². The van der Waals surface area contributed by atoms with Crippen molar-refractivity contribution >= 4 is 23.2 Å². The number of amides is 2. The second-order valence-electron chi connectivity index (χ2n) is 6.11. The number of hydrogen-bond acceptors (Lipinski definition) is 4. The van der Waals surface area contributed by atoms with Crippen LogP contribution in [0.2, 0.25) is 0 Å². The van der Waals surface area contributed by atoms with Crippen molar-refractivity contribution in [2.24, 2.45) is 0 Å². The lowest BCUT2D eigenvalue weighted by molar-refractivity contribution is -0.122. The van der Waals surface area contributed by atoms with Gasteiger partial charge < -0.3 is 10.2 Å². The van der Waals surface area contributed by atoms with Gasteiger partial charge in [0.25, 0.3) is 5.91 Å². The van der Waals surface area contributed by atoms with E-state index < -0.39 is 0 Å². The molecular formula is C19H23N3O2S. The second kappa shape index (κ2) is 8.78. The van der Waals surface area contributed by atoms with Crippen LogP contribution in [0.1, 0.15) is 15.2 Å². The van der Waals surface area contributed by atoms with Gasteiger partial charge in [0.2, 0.25) is 5.91 Å². The summed E-state index contributed by atoms with van der Waals surface area (Å²) < 4.78 is 0. The molecule has 0 spiro atoms. The Morgan fingerprint density at radius 3 is 2.44 bits per heavy atom. The molecule has 1 aliphatic rings. The molecule has 0 unspecified atom stereocenters. The van der Waals surface area contributed by atoms with Crippen molar-refractivity contribution < 1.29 is 9.59 Å². The first kappa shape index (κ1) is 17.6. The summed E-state index contributed by atoms with van der Waals surface area (Å²) in [6.07, 6.45) is 0.878. The highest BCUT2D eigenvalue weighted by atomic mass is 32.1. The molecule has 1 saturated heterocycles. The summed E-state index contributed by atoms with van der Waals surface area (Å²) in [5.74, 6) is 0.125. The molecule has 0 atom stereocenters. The predicted octanol–water partition coefficient (Wildman–Crippen LogP) is 1.86. The monoisotopic (exact) mass is 357 g/mol. The lowest BCUT2D eigenvalue weighted by Crippen LogP contribution is -2.51. The van der Waals surface area contributed by atoms with E-state index in [4.69, 9.17) is 0 Å². The fourth-order valence-electron chi connectivity index (χ4n) is 2.91. The topological polar surface area (TPSA) is 52.7 Å². The van der Waals surface area contributed by atoms with Crippen molar-refractivity contribution in [1.29, 1.82) is 0 Å². The minimum absolute atomic E-state index is 0.0550. The number of rotatable bonds is 6. The first-order chi connectivity index (χ1) is 12.2. The van der Waals surface area contributed by atoms with Crippen LogP contribution in [-0.2, 0) is 11.2 Å². The van der Waals surface area contributed by atoms with Crippen LogP contribution in [0.5, 0.6) is 0 Å². The molecule has 0 saturated carbocycles. The Morgan fingerprint density at radius 1 is 1.00 bits per heavy atom. The number of nitrogens with one attached hydrogen (secondary N) is 1. The number of benzene rings is 1. The molecule has 5 nitrogen and oxygen atoms in total. The molecule has 2 heterocycles. The fraction of sp³-hybridized carbons (Fsp3) is 0.368. The molecule has 1 aliphatic heterocycles. The van der Waals surface area contributed by atoms with Gasteiger partial charge in [-0.3, -0.25) is 14.5 Å². The quantitative estimate of drug-likeness (QED) is 0.859. The highest BCUT2D eigenvalue weighted by Gasteiger charge is 2.23. The van der Waals surface area contributed by atoms with Crippen molar-refractivity contribution in [2.75, 3.05) is 39.3 Å². The molecule has 3 rings (SSSR count). The third-order valence-electron chi connectivity index (χ3n) is 4.32. The van der Waals surface area contributed by atoms with Gasteiger partial charge in [-0.15, -0.1) is 11.3 Å². The van der Waals surface area contributed by atoms with E-state index >= 15 is 0 Å².